The smallest absolute Gasteiger partial charge is 0.222 e. The minimum absolute atomic E-state index is 0.115. The van der Waals surface area contributed by atoms with Crippen molar-refractivity contribution in [3.05, 3.63) is 24.0 Å². The predicted molar refractivity (Wildman–Crippen MR) is 72.3 cm³/mol. The lowest BCUT2D eigenvalue weighted by molar-refractivity contribution is 0.580. The highest BCUT2D eigenvalue weighted by Crippen LogP contribution is 2.26. The van der Waals surface area contributed by atoms with Crippen LogP contribution in [-0.2, 0) is 0 Å². The van der Waals surface area contributed by atoms with Crippen LogP contribution >= 0.6 is 0 Å². The van der Waals surface area contributed by atoms with Crippen molar-refractivity contribution in [3.63, 3.8) is 0 Å². The van der Waals surface area contributed by atoms with Crippen LogP contribution in [0.15, 0.2) is 22.8 Å². The number of rotatable bonds is 5. The van der Waals surface area contributed by atoms with Crippen LogP contribution in [0.1, 0.15) is 25.3 Å². The third-order valence-electron chi connectivity index (χ3n) is 2.62. The fraction of sp³-hybridized carbons (Fsp3) is 0.308. The molecule has 0 aromatic carbocycles. The van der Waals surface area contributed by atoms with Gasteiger partial charge in [0, 0.05) is 6.54 Å². The molecule has 0 saturated carbocycles. The van der Waals surface area contributed by atoms with E-state index in [0.717, 1.165) is 19.4 Å². The van der Waals surface area contributed by atoms with Gasteiger partial charge < -0.3 is 15.5 Å². The Hall–Kier alpha value is -2.55. The Labute approximate surface area is 111 Å². The summed E-state index contributed by atoms with van der Waals surface area (Å²) in [6, 6.07) is 5.57. The van der Waals surface area contributed by atoms with Crippen molar-refractivity contribution in [2.75, 3.05) is 17.6 Å². The van der Waals surface area contributed by atoms with Gasteiger partial charge in [-0.2, -0.15) is 10.2 Å². The molecule has 0 spiro atoms. The lowest BCUT2D eigenvalue weighted by Gasteiger charge is -2.09. The molecule has 0 saturated heterocycles. The highest BCUT2D eigenvalue weighted by molar-refractivity contribution is 5.71. The van der Waals surface area contributed by atoms with E-state index in [2.05, 4.69) is 28.3 Å². The summed E-state index contributed by atoms with van der Waals surface area (Å²) in [6.07, 6.45) is 3.57. The summed E-state index contributed by atoms with van der Waals surface area (Å²) in [5, 5.41) is 12.4. The number of hydrogen-bond acceptors (Lipinski definition) is 6. The number of nitrogens with one attached hydrogen (secondary N) is 1. The summed E-state index contributed by atoms with van der Waals surface area (Å²) in [5.41, 5.74) is 6.44. The van der Waals surface area contributed by atoms with Gasteiger partial charge in [0.25, 0.3) is 0 Å². The number of anilines is 2. The molecule has 2 aromatic rings. The van der Waals surface area contributed by atoms with E-state index < -0.39 is 0 Å². The van der Waals surface area contributed by atoms with Crippen LogP contribution in [0.2, 0.25) is 0 Å². The summed E-state index contributed by atoms with van der Waals surface area (Å²) < 4.78 is 5.27. The first-order valence-corrected chi connectivity index (χ1v) is 6.11. The maximum Gasteiger partial charge on any atom is 0.222 e. The summed E-state index contributed by atoms with van der Waals surface area (Å²) in [7, 11) is 0. The van der Waals surface area contributed by atoms with Crippen LogP contribution < -0.4 is 11.1 Å². The summed E-state index contributed by atoms with van der Waals surface area (Å²) >= 11 is 0. The largest absolute Gasteiger partial charge is 0.463 e. The van der Waals surface area contributed by atoms with Gasteiger partial charge in [0.15, 0.2) is 5.76 Å². The van der Waals surface area contributed by atoms with Crippen molar-refractivity contribution in [2.45, 2.75) is 19.8 Å². The third-order valence-corrected chi connectivity index (χ3v) is 2.62. The van der Waals surface area contributed by atoms with E-state index >= 15 is 0 Å². The van der Waals surface area contributed by atoms with Crippen LogP contribution in [0.3, 0.4) is 0 Å². The van der Waals surface area contributed by atoms with Crippen molar-refractivity contribution >= 4 is 11.8 Å². The normalized spacial score (nSPS) is 10.1. The van der Waals surface area contributed by atoms with Gasteiger partial charge >= 0.3 is 0 Å². The lowest BCUT2D eigenvalue weighted by atomic mass is 10.2. The lowest BCUT2D eigenvalue weighted by Crippen LogP contribution is -2.09. The molecule has 19 heavy (non-hydrogen) atoms. The number of nitrogens with two attached hydrogens (primary N) is 1. The average molecular weight is 257 g/mol. The first-order chi connectivity index (χ1) is 9.26. The molecular formula is C13H15N5O. The number of aromatic nitrogens is 2. The number of unbranched alkanes of at least 4 members (excludes halogenated alkanes) is 1. The highest BCUT2D eigenvalue weighted by atomic mass is 16.3. The van der Waals surface area contributed by atoms with Gasteiger partial charge in [0.2, 0.25) is 5.95 Å². The van der Waals surface area contributed by atoms with E-state index in [1.165, 1.54) is 6.26 Å². The molecule has 0 atom stereocenters. The minimum Gasteiger partial charge on any atom is -0.463 e. The standard InChI is InChI=1S/C13H15N5O/c1-2-3-6-16-12-9(8-14)11(17-13(15)18-12)10-5-4-7-19-10/h4-5,7H,2-3,6H2,1H3,(H3,15,16,17,18). The molecule has 2 heterocycles. The van der Waals surface area contributed by atoms with Gasteiger partial charge in [-0.3, -0.25) is 0 Å². The maximum absolute atomic E-state index is 9.29. The number of hydrogen-bond donors (Lipinski definition) is 2. The zero-order valence-corrected chi connectivity index (χ0v) is 10.7. The SMILES string of the molecule is CCCCNc1nc(N)nc(-c2ccco2)c1C#N. The van der Waals surface area contributed by atoms with Crippen LogP contribution in [-0.4, -0.2) is 16.5 Å². The Morgan fingerprint density at radius 2 is 2.32 bits per heavy atom. The number of nitriles is 1. The molecule has 0 radical (unpaired) electrons. The Balaban J connectivity index is 2.41. The molecule has 0 aliphatic heterocycles. The second kappa shape index (κ2) is 5.87. The fourth-order valence-corrected chi connectivity index (χ4v) is 1.69. The molecule has 0 amide bonds. The second-order valence-corrected chi connectivity index (χ2v) is 4.02. The van der Waals surface area contributed by atoms with E-state index in [1.807, 2.05) is 0 Å². The summed E-state index contributed by atoms with van der Waals surface area (Å²) in [5.74, 6) is 1.07. The van der Waals surface area contributed by atoms with E-state index in [4.69, 9.17) is 10.2 Å². The second-order valence-electron chi connectivity index (χ2n) is 4.02. The van der Waals surface area contributed by atoms with E-state index in [0.29, 0.717) is 22.8 Å². The summed E-state index contributed by atoms with van der Waals surface area (Å²) in [6.45, 7) is 2.83. The van der Waals surface area contributed by atoms with Crippen molar-refractivity contribution < 1.29 is 4.42 Å². The van der Waals surface area contributed by atoms with E-state index in [9.17, 15) is 5.26 Å². The molecule has 0 unspecified atom stereocenters. The van der Waals surface area contributed by atoms with E-state index in [1.54, 1.807) is 12.1 Å². The monoisotopic (exact) mass is 257 g/mol. The number of nitrogen functional groups attached to an aromatic ring is 1. The van der Waals surface area contributed by atoms with Crippen LogP contribution in [0.5, 0.6) is 0 Å². The molecule has 6 heteroatoms. The van der Waals surface area contributed by atoms with Crippen LogP contribution in [0.25, 0.3) is 11.5 Å². The Kier molecular flexibility index (Phi) is 3.98. The first-order valence-electron chi connectivity index (χ1n) is 6.11. The summed E-state index contributed by atoms with van der Waals surface area (Å²) in [4.78, 5) is 8.16. The topological polar surface area (TPSA) is 101 Å². The Bertz CT molecular complexity index is 586. The van der Waals surface area contributed by atoms with Gasteiger partial charge in [0.05, 0.1) is 6.26 Å². The van der Waals surface area contributed by atoms with Crippen molar-refractivity contribution in [3.8, 4) is 17.5 Å². The molecule has 2 aromatic heterocycles. The van der Waals surface area contributed by atoms with Crippen molar-refractivity contribution in [1.29, 1.82) is 5.26 Å². The minimum atomic E-state index is 0.115. The first kappa shape index (κ1) is 12.9. The zero-order chi connectivity index (χ0) is 13.7. The van der Waals surface area contributed by atoms with Crippen LogP contribution in [0.4, 0.5) is 11.8 Å². The molecule has 6 nitrogen and oxygen atoms in total. The fourth-order valence-electron chi connectivity index (χ4n) is 1.69. The predicted octanol–water partition coefficient (Wildman–Crippen LogP) is 2.40. The zero-order valence-electron chi connectivity index (χ0n) is 10.7. The molecule has 0 bridgehead atoms. The van der Waals surface area contributed by atoms with Gasteiger partial charge in [-0.1, -0.05) is 13.3 Å². The quantitative estimate of drug-likeness (QED) is 0.797. The Morgan fingerprint density at radius 3 is 2.95 bits per heavy atom. The highest BCUT2D eigenvalue weighted by Gasteiger charge is 2.16. The van der Waals surface area contributed by atoms with Crippen molar-refractivity contribution in [2.24, 2.45) is 0 Å². The van der Waals surface area contributed by atoms with Gasteiger partial charge in [-0.15, -0.1) is 0 Å². The van der Waals surface area contributed by atoms with Gasteiger partial charge in [-0.25, -0.2) is 4.98 Å². The van der Waals surface area contributed by atoms with Crippen LogP contribution in [0, 0.1) is 11.3 Å². The molecule has 98 valence electrons. The van der Waals surface area contributed by atoms with Crippen molar-refractivity contribution in [1.82, 2.24) is 9.97 Å². The molecule has 0 fully saturated rings. The van der Waals surface area contributed by atoms with Gasteiger partial charge in [-0.05, 0) is 18.6 Å². The molecule has 0 aliphatic carbocycles. The molecule has 3 N–H and O–H groups in total. The van der Waals surface area contributed by atoms with E-state index in [-0.39, 0.29) is 5.95 Å². The van der Waals surface area contributed by atoms with Gasteiger partial charge in [0.1, 0.15) is 23.1 Å². The Morgan fingerprint density at radius 1 is 1.47 bits per heavy atom. The molecule has 2 rings (SSSR count). The maximum atomic E-state index is 9.29. The average Bonchev–Trinajstić information content (AvgIpc) is 2.92. The molecular weight excluding hydrogens is 242 g/mol. The number of nitrogens with zero attached hydrogens (tertiary/aromatic N) is 3. The third kappa shape index (κ3) is 2.83. The number of furan rings is 1. The molecule has 0 aliphatic rings.